The van der Waals surface area contributed by atoms with Crippen molar-refractivity contribution < 1.29 is 18.4 Å². The number of aryl methyl sites for hydroxylation is 2. The van der Waals surface area contributed by atoms with E-state index in [1.54, 1.807) is 18.2 Å². The van der Waals surface area contributed by atoms with E-state index in [1.165, 1.54) is 24.3 Å². The Balaban J connectivity index is 1.95. The molecule has 0 bridgehead atoms. The third kappa shape index (κ3) is 3.62. The van der Waals surface area contributed by atoms with Gasteiger partial charge in [0.1, 0.15) is 0 Å². The largest absolute Gasteiger partial charge is 0.391 e. The second-order valence-corrected chi connectivity index (χ2v) is 8.06. The quantitative estimate of drug-likeness (QED) is 0.615. The van der Waals surface area contributed by atoms with Crippen molar-refractivity contribution in [2.45, 2.75) is 43.2 Å². The topological polar surface area (TPSA) is 110 Å². The van der Waals surface area contributed by atoms with Gasteiger partial charge in [0.15, 0.2) is 0 Å². The van der Waals surface area contributed by atoms with Gasteiger partial charge in [0, 0.05) is 12.1 Å². The highest BCUT2D eigenvalue weighted by molar-refractivity contribution is 7.89. The number of nitrogens with one attached hydrogen (secondary N) is 1. The lowest BCUT2D eigenvalue weighted by molar-refractivity contribution is -0.385. The fraction of sp³-hybridized carbons (Fsp3) is 0.333. The van der Waals surface area contributed by atoms with Crippen LogP contribution in [0.5, 0.6) is 0 Å². The van der Waals surface area contributed by atoms with Crippen LogP contribution in [0, 0.1) is 10.1 Å². The summed E-state index contributed by atoms with van der Waals surface area (Å²) in [6, 6.07) is 9.95. The SMILES string of the molecule is CCc1ccc(S(=O)(=O)NC2c3cc([N+](=O)[O-])ccc3CCC2O)cc1. The Labute approximate surface area is 151 Å². The Morgan fingerprint density at radius 3 is 2.54 bits per heavy atom. The Kier molecular flexibility index (Phi) is 5.08. The van der Waals surface area contributed by atoms with Crippen molar-refractivity contribution in [2.75, 3.05) is 0 Å². The van der Waals surface area contributed by atoms with Gasteiger partial charge in [0.2, 0.25) is 10.0 Å². The second-order valence-electron chi connectivity index (χ2n) is 6.34. The van der Waals surface area contributed by atoms with Crippen LogP contribution in [-0.4, -0.2) is 24.6 Å². The van der Waals surface area contributed by atoms with E-state index >= 15 is 0 Å². The number of rotatable bonds is 5. The average Bonchev–Trinajstić information content (AvgIpc) is 2.63. The molecular weight excluding hydrogens is 356 g/mol. The predicted octanol–water partition coefficient (Wildman–Crippen LogP) is 2.48. The van der Waals surface area contributed by atoms with Crippen LogP contribution in [0.3, 0.4) is 0 Å². The average molecular weight is 376 g/mol. The lowest BCUT2D eigenvalue weighted by Crippen LogP contribution is -2.39. The summed E-state index contributed by atoms with van der Waals surface area (Å²) in [4.78, 5) is 10.6. The highest BCUT2D eigenvalue weighted by atomic mass is 32.2. The second kappa shape index (κ2) is 7.14. The number of fused-ring (bicyclic) bond motifs is 1. The van der Waals surface area contributed by atoms with Gasteiger partial charge in [-0.1, -0.05) is 25.1 Å². The molecule has 3 rings (SSSR count). The number of aliphatic hydroxyl groups is 1. The molecule has 7 nitrogen and oxygen atoms in total. The van der Waals surface area contributed by atoms with Crippen molar-refractivity contribution in [3.63, 3.8) is 0 Å². The summed E-state index contributed by atoms with van der Waals surface area (Å²) in [7, 11) is -3.87. The highest BCUT2D eigenvalue weighted by Gasteiger charge is 2.33. The standard InChI is InChI=1S/C18H20N2O5S/c1-2-12-3-8-15(9-4-12)26(24,25)19-18-16-11-14(20(22)23)7-5-13(16)6-10-17(18)21/h3-5,7-9,11,17-19,21H,2,6,10H2,1H3. The molecule has 138 valence electrons. The van der Waals surface area contributed by atoms with Gasteiger partial charge in [0.25, 0.3) is 5.69 Å². The van der Waals surface area contributed by atoms with E-state index in [9.17, 15) is 23.6 Å². The maximum atomic E-state index is 12.7. The van der Waals surface area contributed by atoms with Crippen LogP contribution in [-0.2, 0) is 22.9 Å². The molecule has 0 saturated carbocycles. The number of sulfonamides is 1. The lowest BCUT2D eigenvalue weighted by Gasteiger charge is -2.30. The molecule has 2 N–H and O–H groups in total. The van der Waals surface area contributed by atoms with E-state index in [1.807, 2.05) is 6.92 Å². The number of benzene rings is 2. The molecule has 0 heterocycles. The maximum Gasteiger partial charge on any atom is 0.269 e. The normalized spacial score (nSPS) is 19.8. The van der Waals surface area contributed by atoms with Gasteiger partial charge in [-0.3, -0.25) is 10.1 Å². The van der Waals surface area contributed by atoms with E-state index in [2.05, 4.69) is 4.72 Å². The first-order valence-electron chi connectivity index (χ1n) is 8.38. The maximum absolute atomic E-state index is 12.7. The third-order valence-electron chi connectivity index (χ3n) is 4.69. The Morgan fingerprint density at radius 1 is 1.23 bits per heavy atom. The van der Waals surface area contributed by atoms with Gasteiger partial charge >= 0.3 is 0 Å². The molecule has 0 amide bonds. The van der Waals surface area contributed by atoms with Crippen LogP contribution < -0.4 is 4.72 Å². The predicted molar refractivity (Wildman–Crippen MR) is 96.3 cm³/mol. The summed E-state index contributed by atoms with van der Waals surface area (Å²) in [6.07, 6.45) is 0.769. The molecule has 26 heavy (non-hydrogen) atoms. The molecule has 2 atom stereocenters. The van der Waals surface area contributed by atoms with Crippen LogP contribution in [0.1, 0.15) is 36.1 Å². The molecule has 2 unspecified atom stereocenters. The Morgan fingerprint density at radius 2 is 1.92 bits per heavy atom. The number of aliphatic hydroxyl groups excluding tert-OH is 1. The minimum Gasteiger partial charge on any atom is -0.391 e. The van der Waals surface area contributed by atoms with E-state index in [-0.39, 0.29) is 10.6 Å². The molecule has 2 aromatic carbocycles. The van der Waals surface area contributed by atoms with Crippen LogP contribution in [0.2, 0.25) is 0 Å². The molecule has 8 heteroatoms. The zero-order valence-electron chi connectivity index (χ0n) is 14.3. The van der Waals surface area contributed by atoms with Crippen molar-refractivity contribution in [1.82, 2.24) is 4.72 Å². The molecular formula is C18H20N2O5S. The first kappa shape index (κ1) is 18.5. The van der Waals surface area contributed by atoms with Crippen LogP contribution in [0.15, 0.2) is 47.4 Å². The fourth-order valence-corrected chi connectivity index (χ4v) is 4.42. The van der Waals surface area contributed by atoms with Gasteiger partial charge in [-0.05, 0) is 48.1 Å². The van der Waals surface area contributed by atoms with Gasteiger partial charge in [-0.2, -0.15) is 0 Å². The number of hydrogen-bond acceptors (Lipinski definition) is 5. The zero-order valence-corrected chi connectivity index (χ0v) is 15.1. The summed E-state index contributed by atoms with van der Waals surface area (Å²) in [5, 5.41) is 21.4. The highest BCUT2D eigenvalue weighted by Crippen LogP contribution is 2.33. The van der Waals surface area contributed by atoms with Crippen molar-refractivity contribution in [3.05, 3.63) is 69.3 Å². The van der Waals surface area contributed by atoms with E-state index in [0.29, 0.717) is 18.4 Å². The van der Waals surface area contributed by atoms with Gasteiger partial charge in [0.05, 0.1) is 22.0 Å². The fourth-order valence-electron chi connectivity index (χ4n) is 3.17. The first-order chi connectivity index (χ1) is 12.3. The molecule has 2 aromatic rings. The molecule has 0 spiro atoms. The molecule has 0 saturated heterocycles. The monoisotopic (exact) mass is 376 g/mol. The Bertz CT molecular complexity index is 925. The van der Waals surface area contributed by atoms with Crippen LogP contribution in [0.25, 0.3) is 0 Å². The van der Waals surface area contributed by atoms with Crippen LogP contribution >= 0.6 is 0 Å². The van der Waals surface area contributed by atoms with E-state index in [4.69, 9.17) is 0 Å². The minimum absolute atomic E-state index is 0.0967. The molecule has 1 aliphatic carbocycles. The molecule has 0 aromatic heterocycles. The number of nitro groups is 1. The summed E-state index contributed by atoms with van der Waals surface area (Å²) in [6.45, 7) is 1.98. The first-order valence-corrected chi connectivity index (χ1v) is 9.86. The van der Waals surface area contributed by atoms with Crippen molar-refractivity contribution in [1.29, 1.82) is 0 Å². The van der Waals surface area contributed by atoms with E-state index in [0.717, 1.165) is 17.5 Å². The van der Waals surface area contributed by atoms with Crippen molar-refractivity contribution in [2.24, 2.45) is 0 Å². The van der Waals surface area contributed by atoms with Crippen molar-refractivity contribution >= 4 is 15.7 Å². The molecule has 0 aliphatic heterocycles. The van der Waals surface area contributed by atoms with Gasteiger partial charge in [-0.25, -0.2) is 13.1 Å². The number of nitro benzene ring substituents is 1. The molecule has 0 radical (unpaired) electrons. The summed E-state index contributed by atoms with van der Waals surface area (Å²) in [5.41, 5.74) is 2.14. The summed E-state index contributed by atoms with van der Waals surface area (Å²) < 4.78 is 28.0. The lowest BCUT2D eigenvalue weighted by atomic mass is 9.86. The number of non-ortho nitro benzene ring substituents is 1. The van der Waals surface area contributed by atoms with E-state index < -0.39 is 27.1 Å². The van der Waals surface area contributed by atoms with Gasteiger partial charge in [-0.15, -0.1) is 0 Å². The smallest absolute Gasteiger partial charge is 0.269 e. The van der Waals surface area contributed by atoms with Gasteiger partial charge < -0.3 is 5.11 Å². The van der Waals surface area contributed by atoms with Crippen LogP contribution in [0.4, 0.5) is 5.69 Å². The molecule has 0 fully saturated rings. The van der Waals surface area contributed by atoms with Crippen molar-refractivity contribution in [3.8, 4) is 0 Å². The number of hydrogen-bond donors (Lipinski definition) is 2. The summed E-state index contributed by atoms with van der Waals surface area (Å²) in [5.74, 6) is 0. The third-order valence-corrected chi connectivity index (χ3v) is 6.15. The minimum atomic E-state index is -3.87. The zero-order chi connectivity index (χ0) is 18.9. The summed E-state index contributed by atoms with van der Waals surface area (Å²) >= 11 is 0. The molecule has 1 aliphatic rings. The number of nitrogens with zero attached hydrogens (tertiary/aromatic N) is 1. The Hall–Kier alpha value is -2.29.